The maximum atomic E-state index is 10.3. The van der Waals surface area contributed by atoms with Gasteiger partial charge < -0.3 is 14.9 Å². The largest absolute Gasteiger partial charge is 0.393 e. The molecule has 1 unspecified atom stereocenters. The van der Waals surface area contributed by atoms with Crippen LogP contribution in [-0.4, -0.2) is 48.4 Å². The number of nitrogens with zero attached hydrogens (tertiary/aromatic N) is 4. The molecule has 1 aromatic rings. The summed E-state index contributed by atoms with van der Waals surface area (Å²) in [6, 6.07) is 0. The van der Waals surface area contributed by atoms with Crippen molar-refractivity contribution in [2.45, 2.75) is 39.2 Å². The van der Waals surface area contributed by atoms with Crippen molar-refractivity contribution in [2.24, 2.45) is 11.8 Å². The van der Waals surface area contributed by atoms with Crippen molar-refractivity contribution in [3.63, 3.8) is 0 Å². The Balaban J connectivity index is 1.98. The molecule has 1 N–H and O–H groups in total. The lowest BCUT2D eigenvalue weighted by Gasteiger charge is -2.36. The molecule has 0 saturated carbocycles. The summed E-state index contributed by atoms with van der Waals surface area (Å²) in [5, 5.41) is 10.3. The fourth-order valence-corrected chi connectivity index (χ4v) is 3.03. The predicted octanol–water partition coefficient (Wildman–Crippen LogP) is 2.17. The lowest BCUT2D eigenvalue weighted by Crippen LogP contribution is -2.39. The minimum absolute atomic E-state index is 0.165. The van der Waals surface area contributed by atoms with Crippen LogP contribution in [0.25, 0.3) is 0 Å². The molecule has 1 saturated heterocycles. The second-order valence-corrected chi connectivity index (χ2v) is 6.62. The molecule has 118 valence electrons. The SMILES string of the molecule is CC(C)CC(O)C1CCN(c2nccnc2N(C)C)CC1. The van der Waals surface area contributed by atoms with E-state index in [4.69, 9.17) is 0 Å². The van der Waals surface area contributed by atoms with E-state index in [1.54, 1.807) is 12.4 Å². The van der Waals surface area contributed by atoms with E-state index in [1.165, 1.54) is 0 Å². The van der Waals surface area contributed by atoms with Gasteiger partial charge in [0.15, 0.2) is 11.6 Å². The molecule has 5 heteroatoms. The Kier molecular flexibility index (Phi) is 5.39. The van der Waals surface area contributed by atoms with E-state index in [9.17, 15) is 5.11 Å². The fraction of sp³-hybridized carbons (Fsp3) is 0.750. The van der Waals surface area contributed by atoms with E-state index in [2.05, 4.69) is 28.7 Å². The van der Waals surface area contributed by atoms with Crippen LogP contribution in [0.4, 0.5) is 11.6 Å². The molecule has 1 fully saturated rings. The van der Waals surface area contributed by atoms with Crippen molar-refractivity contribution in [1.29, 1.82) is 0 Å². The topological polar surface area (TPSA) is 52.5 Å². The summed E-state index contributed by atoms with van der Waals surface area (Å²) in [5.41, 5.74) is 0. The van der Waals surface area contributed by atoms with Crippen LogP contribution in [0, 0.1) is 11.8 Å². The van der Waals surface area contributed by atoms with Gasteiger partial charge in [0.1, 0.15) is 0 Å². The molecule has 1 aliphatic heterocycles. The van der Waals surface area contributed by atoms with E-state index in [-0.39, 0.29) is 6.10 Å². The number of aliphatic hydroxyl groups excluding tert-OH is 1. The van der Waals surface area contributed by atoms with E-state index < -0.39 is 0 Å². The summed E-state index contributed by atoms with van der Waals surface area (Å²) >= 11 is 0. The molecule has 1 aromatic heterocycles. The fourth-order valence-electron chi connectivity index (χ4n) is 3.03. The third-order valence-corrected chi connectivity index (χ3v) is 4.18. The average Bonchev–Trinajstić information content (AvgIpc) is 2.46. The molecule has 0 bridgehead atoms. The minimum atomic E-state index is -0.165. The van der Waals surface area contributed by atoms with Gasteiger partial charge in [-0.1, -0.05) is 13.8 Å². The number of aromatic nitrogens is 2. The second-order valence-electron chi connectivity index (χ2n) is 6.62. The van der Waals surface area contributed by atoms with Gasteiger partial charge >= 0.3 is 0 Å². The van der Waals surface area contributed by atoms with Gasteiger partial charge in [-0.15, -0.1) is 0 Å². The maximum Gasteiger partial charge on any atom is 0.171 e. The van der Waals surface area contributed by atoms with Crippen LogP contribution in [-0.2, 0) is 0 Å². The van der Waals surface area contributed by atoms with Gasteiger partial charge in [-0.05, 0) is 31.1 Å². The Hall–Kier alpha value is -1.36. The Bertz CT molecular complexity index is 442. The molecule has 2 heterocycles. The van der Waals surface area contributed by atoms with Gasteiger partial charge in [0.2, 0.25) is 0 Å². The summed E-state index contributed by atoms with van der Waals surface area (Å²) in [5.74, 6) is 2.85. The van der Waals surface area contributed by atoms with Crippen LogP contribution in [0.1, 0.15) is 33.1 Å². The summed E-state index contributed by atoms with van der Waals surface area (Å²) in [4.78, 5) is 13.2. The average molecular weight is 292 g/mol. The van der Waals surface area contributed by atoms with Crippen LogP contribution in [0.3, 0.4) is 0 Å². The zero-order valence-corrected chi connectivity index (χ0v) is 13.7. The molecule has 0 aliphatic carbocycles. The Morgan fingerprint density at radius 3 is 2.43 bits per heavy atom. The highest BCUT2D eigenvalue weighted by atomic mass is 16.3. The molecule has 0 aromatic carbocycles. The quantitative estimate of drug-likeness (QED) is 0.901. The van der Waals surface area contributed by atoms with Crippen molar-refractivity contribution in [2.75, 3.05) is 37.0 Å². The van der Waals surface area contributed by atoms with E-state index in [0.717, 1.165) is 44.0 Å². The predicted molar refractivity (Wildman–Crippen MR) is 86.8 cm³/mol. The maximum absolute atomic E-state index is 10.3. The highest BCUT2D eigenvalue weighted by Gasteiger charge is 2.27. The number of hydrogen-bond donors (Lipinski definition) is 1. The Morgan fingerprint density at radius 2 is 1.86 bits per heavy atom. The van der Waals surface area contributed by atoms with Crippen LogP contribution < -0.4 is 9.80 Å². The van der Waals surface area contributed by atoms with E-state index >= 15 is 0 Å². The summed E-state index contributed by atoms with van der Waals surface area (Å²) in [7, 11) is 3.99. The molecule has 0 radical (unpaired) electrons. The summed E-state index contributed by atoms with van der Waals surface area (Å²) in [6.07, 6.45) is 6.27. The first kappa shape index (κ1) is 16.0. The highest BCUT2D eigenvalue weighted by molar-refractivity contribution is 5.61. The Labute approximate surface area is 128 Å². The third-order valence-electron chi connectivity index (χ3n) is 4.18. The number of rotatable bonds is 5. The van der Waals surface area contributed by atoms with Gasteiger partial charge in [-0.2, -0.15) is 0 Å². The number of anilines is 2. The van der Waals surface area contributed by atoms with Gasteiger partial charge in [0, 0.05) is 39.6 Å². The number of hydrogen-bond acceptors (Lipinski definition) is 5. The lowest BCUT2D eigenvalue weighted by atomic mass is 9.87. The zero-order valence-electron chi connectivity index (χ0n) is 13.7. The first-order valence-corrected chi connectivity index (χ1v) is 7.90. The lowest BCUT2D eigenvalue weighted by molar-refractivity contribution is 0.0734. The van der Waals surface area contributed by atoms with Gasteiger partial charge in [0.25, 0.3) is 0 Å². The Morgan fingerprint density at radius 1 is 1.24 bits per heavy atom. The van der Waals surface area contributed by atoms with Gasteiger partial charge in [-0.25, -0.2) is 9.97 Å². The van der Waals surface area contributed by atoms with Crippen molar-refractivity contribution < 1.29 is 5.11 Å². The molecule has 1 aliphatic rings. The van der Waals surface area contributed by atoms with Crippen LogP contribution in [0.15, 0.2) is 12.4 Å². The summed E-state index contributed by atoms with van der Waals surface area (Å²) < 4.78 is 0. The monoisotopic (exact) mass is 292 g/mol. The minimum Gasteiger partial charge on any atom is -0.393 e. The molecule has 0 spiro atoms. The normalized spacial score (nSPS) is 18.1. The number of piperidine rings is 1. The molecule has 2 rings (SSSR count). The third kappa shape index (κ3) is 4.06. The van der Waals surface area contributed by atoms with Gasteiger partial charge in [-0.3, -0.25) is 0 Å². The van der Waals surface area contributed by atoms with Crippen LogP contribution >= 0.6 is 0 Å². The molecular weight excluding hydrogens is 264 g/mol. The summed E-state index contributed by atoms with van der Waals surface area (Å²) in [6.45, 7) is 6.22. The second kappa shape index (κ2) is 7.07. The standard InChI is InChI=1S/C16H28N4O/c1-12(2)11-14(21)13-5-9-20(10-6-13)16-15(19(3)4)17-7-8-18-16/h7-8,12-14,21H,5-6,9-11H2,1-4H3. The molecule has 0 amide bonds. The molecule has 5 nitrogen and oxygen atoms in total. The van der Waals surface area contributed by atoms with E-state index in [1.807, 2.05) is 19.0 Å². The van der Waals surface area contributed by atoms with Crippen molar-refractivity contribution in [3.8, 4) is 0 Å². The zero-order chi connectivity index (χ0) is 15.4. The first-order chi connectivity index (χ1) is 9.99. The van der Waals surface area contributed by atoms with Crippen LogP contribution in [0.2, 0.25) is 0 Å². The van der Waals surface area contributed by atoms with Crippen molar-refractivity contribution in [3.05, 3.63) is 12.4 Å². The van der Waals surface area contributed by atoms with E-state index in [0.29, 0.717) is 11.8 Å². The highest BCUT2D eigenvalue weighted by Crippen LogP contribution is 2.30. The van der Waals surface area contributed by atoms with Crippen LogP contribution in [0.5, 0.6) is 0 Å². The first-order valence-electron chi connectivity index (χ1n) is 7.90. The molecular formula is C16H28N4O. The molecule has 21 heavy (non-hydrogen) atoms. The van der Waals surface area contributed by atoms with Crippen molar-refractivity contribution in [1.82, 2.24) is 9.97 Å². The molecule has 1 atom stereocenters. The van der Waals surface area contributed by atoms with Gasteiger partial charge in [0.05, 0.1) is 6.10 Å². The number of aliphatic hydroxyl groups is 1. The van der Waals surface area contributed by atoms with Crippen molar-refractivity contribution >= 4 is 11.6 Å². The smallest absolute Gasteiger partial charge is 0.171 e.